The molecule has 1 heterocycles. The molecule has 1 atom stereocenters. The standard InChI is InChI=1S/C9H15BrO2/c1-8(2)11-6-7(12-8)5-9(10)3-4-9/h7H,3-6H2,1-2H3. The lowest BCUT2D eigenvalue weighted by Crippen LogP contribution is -2.23. The molecule has 0 N–H and O–H groups in total. The number of hydrogen-bond donors (Lipinski definition) is 0. The number of alkyl halides is 1. The predicted molar refractivity (Wildman–Crippen MR) is 50.4 cm³/mol. The highest BCUT2D eigenvalue weighted by atomic mass is 79.9. The Hall–Kier alpha value is 0.400. The molecule has 0 aromatic rings. The van der Waals surface area contributed by atoms with Crippen LogP contribution in [0.5, 0.6) is 0 Å². The maximum Gasteiger partial charge on any atom is 0.163 e. The van der Waals surface area contributed by atoms with Crippen LogP contribution in [0, 0.1) is 0 Å². The number of ether oxygens (including phenoxy) is 2. The van der Waals surface area contributed by atoms with E-state index in [4.69, 9.17) is 9.47 Å². The topological polar surface area (TPSA) is 18.5 Å². The summed E-state index contributed by atoms with van der Waals surface area (Å²) >= 11 is 3.70. The molecule has 1 saturated carbocycles. The minimum absolute atomic E-state index is 0.293. The molecule has 0 radical (unpaired) electrons. The van der Waals surface area contributed by atoms with Gasteiger partial charge in [-0.2, -0.15) is 0 Å². The second-order valence-corrected chi connectivity index (χ2v) is 5.99. The summed E-state index contributed by atoms with van der Waals surface area (Å²) in [6.07, 6.45) is 3.96. The fraction of sp³-hybridized carbons (Fsp3) is 1.00. The molecule has 2 fully saturated rings. The minimum atomic E-state index is -0.358. The maximum absolute atomic E-state index is 5.71. The molecule has 2 rings (SSSR count). The Kier molecular flexibility index (Phi) is 2.01. The fourth-order valence-corrected chi connectivity index (χ4v) is 2.17. The zero-order valence-electron chi connectivity index (χ0n) is 7.60. The molecule has 2 aliphatic rings. The van der Waals surface area contributed by atoms with Crippen LogP contribution in [0.3, 0.4) is 0 Å². The van der Waals surface area contributed by atoms with Gasteiger partial charge in [0.25, 0.3) is 0 Å². The summed E-state index contributed by atoms with van der Waals surface area (Å²) in [5.41, 5.74) is 0. The van der Waals surface area contributed by atoms with Crippen molar-refractivity contribution >= 4 is 15.9 Å². The third-order valence-corrected chi connectivity index (χ3v) is 3.57. The Morgan fingerprint density at radius 2 is 2.08 bits per heavy atom. The van der Waals surface area contributed by atoms with Crippen LogP contribution in [0.1, 0.15) is 33.1 Å². The molecular weight excluding hydrogens is 220 g/mol. The summed E-state index contributed by atoms with van der Waals surface area (Å²) in [5, 5.41) is 0. The van der Waals surface area contributed by atoms with Crippen molar-refractivity contribution in [1.82, 2.24) is 0 Å². The molecule has 1 aliphatic heterocycles. The van der Waals surface area contributed by atoms with E-state index in [-0.39, 0.29) is 5.79 Å². The van der Waals surface area contributed by atoms with Gasteiger partial charge in [-0.3, -0.25) is 0 Å². The molecule has 1 aliphatic carbocycles. The Bertz CT molecular complexity index is 187. The molecule has 0 aromatic heterocycles. The Labute approximate surface area is 81.7 Å². The summed E-state index contributed by atoms with van der Waals surface area (Å²) in [6.45, 7) is 4.70. The second-order valence-electron chi connectivity index (χ2n) is 4.31. The van der Waals surface area contributed by atoms with Crippen LogP contribution in [0.25, 0.3) is 0 Å². The van der Waals surface area contributed by atoms with Gasteiger partial charge in [-0.1, -0.05) is 15.9 Å². The molecule has 3 heteroatoms. The quantitative estimate of drug-likeness (QED) is 0.684. The van der Waals surface area contributed by atoms with Crippen LogP contribution in [0.15, 0.2) is 0 Å². The number of hydrogen-bond acceptors (Lipinski definition) is 2. The Morgan fingerprint density at radius 1 is 1.42 bits per heavy atom. The average Bonchev–Trinajstić information content (AvgIpc) is 2.53. The normalized spacial score (nSPS) is 36.8. The Balaban J connectivity index is 1.84. The van der Waals surface area contributed by atoms with Crippen molar-refractivity contribution < 1.29 is 9.47 Å². The molecule has 1 unspecified atom stereocenters. The van der Waals surface area contributed by atoms with Gasteiger partial charge in [-0.25, -0.2) is 0 Å². The van der Waals surface area contributed by atoms with Gasteiger partial charge in [0.1, 0.15) is 0 Å². The van der Waals surface area contributed by atoms with Crippen molar-refractivity contribution in [2.24, 2.45) is 0 Å². The highest BCUT2D eigenvalue weighted by molar-refractivity contribution is 9.10. The van der Waals surface area contributed by atoms with Gasteiger partial charge in [0.15, 0.2) is 5.79 Å². The molecule has 2 nitrogen and oxygen atoms in total. The molecule has 0 bridgehead atoms. The Morgan fingerprint density at radius 3 is 2.50 bits per heavy atom. The van der Waals surface area contributed by atoms with Gasteiger partial charge >= 0.3 is 0 Å². The van der Waals surface area contributed by atoms with Crippen LogP contribution in [0.4, 0.5) is 0 Å². The van der Waals surface area contributed by atoms with Crippen molar-refractivity contribution in [3.05, 3.63) is 0 Å². The van der Waals surface area contributed by atoms with Crippen molar-refractivity contribution in [3.63, 3.8) is 0 Å². The molecule has 12 heavy (non-hydrogen) atoms. The third-order valence-electron chi connectivity index (χ3n) is 2.45. The van der Waals surface area contributed by atoms with Gasteiger partial charge < -0.3 is 9.47 Å². The molecule has 1 saturated heterocycles. The first-order valence-corrected chi connectivity index (χ1v) is 5.29. The maximum atomic E-state index is 5.71. The summed E-state index contributed by atoms with van der Waals surface area (Å²) in [4.78, 5) is 0. The van der Waals surface area contributed by atoms with Gasteiger partial charge in [-0.05, 0) is 33.1 Å². The first-order valence-electron chi connectivity index (χ1n) is 4.50. The van der Waals surface area contributed by atoms with Crippen LogP contribution in [-0.2, 0) is 9.47 Å². The SMILES string of the molecule is CC1(C)OCC(CC2(Br)CC2)O1. The summed E-state index contributed by atoms with van der Waals surface area (Å²) < 4.78 is 11.6. The smallest absolute Gasteiger partial charge is 0.163 e. The van der Waals surface area contributed by atoms with Gasteiger partial charge in [0.2, 0.25) is 0 Å². The average molecular weight is 235 g/mol. The lowest BCUT2D eigenvalue weighted by molar-refractivity contribution is -0.139. The van der Waals surface area contributed by atoms with E-state index in [1.54, 1.807) is 0 Å². The summed E-state index contributed by atoms with van der Waals surface area (Å²) in [7, 11) is 0. The van der Waals surface area contributed by atoms with Crippen LogP contribution >= 0.6 is 15.9 Å². The zero-order chi connectivity index (χ0) is 8.82. The second kappa shape index (κ2) is 2.69. The molecule has 70 valence electrons. The lowest BCUT2D eigenvalue weighted by Gasteiger charge is -2.18. The molecule has 0 aromatic carbocycles. The number of rotatable bonds is 2. The van der Waals surface area contributed by atoms with E-state index in [0.717, 1.165) is 13.0 Å². The third kappa shape index (κ3) is 2.01. The van der Waals surface area contributed by atoms with E-state index in [1.165, 1.54) is 12.8 Å². The van der Waals surface area contributed by atoms with E-state index in [1.807, 2.05) is 13.8 Å². The highest BCUT2D eigenvalue weighted by Crippen LogP contribution is 2.49. The van der Waals surface area contributed by atoms with Crippen LogP contribution in [0.2, 0.25) is 0 Å². The van der Waals surface area contributed by atoms with Gasteiger partial charge in [0.05, 0.1) is 12.7 Å². The molecule has 0 spiro atoms. The minimum Gasteiger partial charge on any atom is -0.348 e. The first kappa shape index (κ1) is 8.97. The van der Waals surface area contributed by atoms with Crippen LogP contribution in [-0.4, -0.2) is 22.8 Å². The van der Waals surface area contributed by atoms with Gasteiger partial charge in [-0.15, -0.1) is 0 Å². The monoisotopic (exact) mass is 234 g/mol. The first-order chi connectivity index (χ1) is 5.49. The molecule has 0 amide bonds. The zero-order valence-corrected chi connectivity index (χ0v) is 9.19. The summed E-state index contributed by atoms with van der Waals surface area (Å²) in [6, 6.07) is 0. The lowest BCUT2D eigenvalue weighted by atomic mass is 10.2. The van der Waals surface area contributed by atoms with E-state index in [9.17, 15) is 0 Å². The summed E-state index contributed by atoms with van der Waals surface area (Å²) in [5.74, 6) is -0.358. The van der Waals surface area contributed by atoms with E-state index in [2.05, 4.69) is 15.9 Å². The largest absolute Gasteiger partial charge is 0.348 e. The fourth-order valence-electron chi connectivity index (χ4n) is 1.61. The highest BCUT2D eigenvalue weighted by Gasteiger charge is 2.45. The van der Waals surface area contributed by atoms with E-state index >= 15 is 0 Å². The van der Waals surface area contributed by atoms with Crippen LogP contribution < -0.4 is 0 Å². The van der Waals surface area contributed by atoms with E-state index < -0.39 is 0 Å². The molecular formula is C9H15BrO2. The van der Waals surface area contributed by atoms with Crippen molar-refractivity contribution in [2.75, 3.05) is 6.61 Å². The van der Waals surface area contributed by atoms with Crippen molar-refractivity contribution in [2.45, 2.75) is 49.3 Å². The predicted octanol–water partition coefficient (Wildman–Crippen LogP) is 2.46. The van der Waals surface area contributed by atoms with Crippen molar-refractivity contribution in [3.8, 4) is 0 Å². The van der Waals surface area contributed by atoms with E-state index in [0.29, 0.717) is 10.4 Å². The van der Waals surface area contributed by atoms with Crippen molar-refractivity contribution in [1.29, 1.82) is 0 Å². The van der Waals surface area contributed by atoms with Gasteiger partial charge in [0, 0.05) is 4.32 Å². The number of halogens is 1.